The summed E-state index contributed by atoms with van der Waals surface area (Å²) in [6.45, 7) is 16.1. The number of aliphatic hydroxyl groups is 1. The van der Waals surface area contributed by atoms with Crippen molar-refractivity contribution < 1.29 is 14.6 Å². The Bertz CT molecular complexity index is 292. The number of amides is 1. The molecule has 1 atom stereocenters. The van der Waals surface area contributed by atoms with Gasteiger partial charge >= 0.3 is 6.09 Å². The molecule has 0 aromatic carbocycles. The number of rotatable bonds is 6. The van der Waals surface area contributed by atoms with E-state index in [0.29, 0.717) is 13.1 Å². The second kappa shape index (κ2) is 7.84. The van der Waals surface area contributed by atoms with Gasteiger partial charge < -0.3 is 15.2 Å². The van der Waals surface area contributed by atoms with Crippen molar-refractivity contribution in [2.45, 2.75) is 60.1 Å². The number of carbonyl (C=O) groups excluding carboxylic acids is 1. The lowest BCUT2D eigenvalue weighted by molar-refractivity contribution is 0.0434. The molecular formula is C15H32N2O3. The van der Waals surface area contributed by atoms with Crippen molar-refractivity contribution in [2.24, 2.45) is 5.41 Å². The zero-order chi connectivity index (χ0) is 16.0. The Kier molecular flexibility index (Phi) is 7.52. The maximum atomic E-state index is 11.9. The first-order chi connectivity index (χ1) is 8.99. The predicted molar refractivity (Wildman–Crippen MR) is 81.8 cm³/mol. The van der Waals surface area contributed by atoms with Crippen molar-refractivity contribution >= 4 is 6.09 Å². The van der Waals surface area contributed by atoms with E-state index in [1.165, 1.54) is 0 Å². The second-order valence-corrected chi connectivity index (χ2v) is 7.18. The number of hydrogen-bond acceptors (Lipinski definition) is 4. The van der Waals surface area contributed by atoms with Gasteiger partial charge in [-0.05, 0) is 32.7 Å². The third-order valence-corrected chi connectivity index (χ3v) is 3.04. The molecule has 0 fully saturated rings. The van der Waals surface area contributed by atoms with Gasteiger partial charge in [0.1, 0.15) is 5.60 Å². The highest BCUT2D eigenvalue weighted by atomic mass is 16.6. The zero-order valence-electron chi connectivity index (χ0n) is 14.1. The van der Waals surface area contributed by atoms with E-state index < -0.39 is 11.7 Å². The van der Waals surface area contributed by atoms with Crippen LogP contribution in [0, 0.1) is 5.41 Å². The average molecular weight is 288 g/mol. The number of nitrogens with one attached hydrogen (secondary N) is 1. The van der Waals surface area contributed by atoms with Gasteiger partial charge in [0.25, 0.3) is 0 Å². The first-order valence-corrected chi connectivity index (χ1v) is 7.32. The van der Waals surface area contributed by atoms with Gasteiger partial charge in [0.05, 0.1) is 6.61 Å². The van der Waals surface area contributed by atoms with E-state index in [2.05, 4.69) is 31.0 Å². The summed E-state index contributed by atoms with van der Waals surface area (Å²) >= 11 is 0. The molecule has 0 spiro atoms. The Hall–Kier alpha value is -0.810. The number of likely N-dealkylation sites (N-methyl/N-ethyl adjacent to an activating group) is 1. The van der Waals surface area contributed by atoms with E-state index in [1.54, 1.807) is 0 Å². The fourth-order valence-electron chi connectivity index (χ4n) is 1.76. The lowest BCUT2D eigenvalue weighted by Crippen LogP contribution is -2.52. The molecule has 0 aromatic rings. The molecular weight excluding hydrogens is 256 g/mol. The van der Waals surface area contributed by atoms with Gasteiger partial charge in [0, 0.05) is 19.1 Å². The van der Waals surface area contributed by atoms with Crippen LogP contribution in [-0.4, -0.2) is 54.0 Å². The van der Waals surface area contributed by atoms with E-state index in [4.69, 9.17) is 9.84 Å². The fourth-order valence-corrected chi connectivity index (χ4v) is 1.76. The molecule has 0 heterocycles. The van der Waals surface area contributed by atoms with Crippen LogP contribution in [0.15, 0.2) is 0 Å². The van der Waals surface area contributed by atoms with E-state index >= 15 is 0 Å². The highest BCUT2D eigenvalue weighted by Gasteiger charge is 2.29. The van der Waals surface area contributed by atoms with Crippen LogP contribution in [0.3, 0.4) is 0 Å². The molecule has 2 N–H and O–H groups in total. The number of nitrogens with zero attached hydrogens (tertiary/aromatic N) is 1. The zero-order valence-corrected chi connectivity index (χ0v) is 14.1. The lowest BCUT2D eigenvalue weighted by Gasteiger charge is -2.35. The summed E-state index contributed by atoms with van der Waals surface area (Å²) < 4.78 is 5.32. The Morgan fingerprint density at radius 2 is 1.80 bits per heavy atom. The van der Waals surface area contributed by atoms with Crippen molar-refractivity contribution in [1.82, 2.24) is 10.2 Å². The van der Waals surface area contributed by atoms with Crippen LogP contribution >= 0.6 is 0 Å². The van der Waals surface area contributed by atoms with Gasteiger partial charge in [-0.1, -0.05) is 27.7 Å². The SMILES string of the molecule is CCN(CCO)C[C@@H](NC(=O)OC(C)(C)C)C(C)(C)C. The molecule has 0 aliphatic heterocycles. The second-order valence-electron chi connectivity index (χ2n) is 7.18. The van der Waals surface area contributed by atoms with Crippen molar-refractivity contribution in [1.29, 1.82) is 0 Å². The topological polar surface area (TPSA) is 61.8 Å². The van der Waals surface area contributed by atoms with E-state index in [-0.39, 0.29) is 18.1 Å². The molecule has 0 saturated heterocycles. The van der Waals surface area contributed by atoms with Crippen LogP contribution in [0.5, 0.6) is 0 Å². The molecule has 0 bridgehead atoms. The smallest absolute Gasteiger partial charge is 0.407 e. The van der Waals surface area contributed by atoms with Gasteiger partial charge in [-0.25, -0.2) is 4.79 Å². The minimum atomic E-state index is -0.498. The molecule has 20 heavy (non-hydrogen) atoms. The highest BCUT2D eigenvalue weighted by molar-refractivity contribution is 5.68. The van der Waals surface area contributed by atoms with E-state index in [1.807, 2.05) is 27.7 Å². The molecule has 1 amide bonds. The largest absolute Gasteiger partial charge is 0.444 e. The van der Waals surface area contributed by atoms with E-state index in [9.17, 15) is 4.79 Å². The van der Waals surface area contributed by atoms with Gasteiger partial charge in [0.2, 0.25) is 0 Å². The molecule has 0 unspecified atom stereocenters. The monoisotopic (exact) mass is 288 g/mol. The molecule has 5 nitrogen and oxygen atoms in total. The Morgan fingerprint density at radius 1 is 1.25 bits per heavy atom. The number of carbonyl (C=O) groups is 1. The third kappa shape index (κ3) is 8.38. The van der Waals surface area contributed by atoms with Crippen LogP contribution in [0.1, 0.15) is 48.5 Å². The quantitative estimate of drug-likeness (QED) is 0.787. The maximum Gasteiger partial charge on any atom is 0.407 e. The summed E-state index contributed by atoms with van der Waals surface area (Å²) in [5.41, 5.74) is -0.582. The molecule has 5 heteroatoms. The molecule has 0 rings (SSSR count). The van der Waals surface area contributed by atoms with Gasteiger partial charge in [-0.3, -0.25) is 4.90 Å². The number of alkyl carbamates (subject to hydrolysis) is 1. The molecule has 0 aromatic heterocycles. The fraction of sp³-hybridized carbons (Fsp3) is 0.933. The molecule has 0 saturated carbocycles. The Balaban J connectivity index is 4.70. The van der Waals surface area contributed by atoms with Gasteiger partial charge in [0.15, 0.2) is 0 Å². The van der Waals surface area contributed by atoms with Crippen LogP contribution in [0.25, 0.3) is 0 Å². The van der Waals surface area contributed by atoms with Crippen molar-refractivity contribution in [2.75, 3.05) is 26.2 Å². The van der Waals surface area contributed by atoms with Gasteiger partial charge in [-0.2, -0.15) is 0 Å². The summed E-state index contributed by atoms with van der Waals surface area (Å²) in [5, 5.41) is 12.0. The maximum absolute atomic E-state index is 11.9. The number of ether oxygens (including phenoxy) is 1. The first kappa shape index (κ1) is 19.2. The molecule has 0 radical (unpaired) electrons. The molecule has 0 aliphatic carbocycles. The summed E-state index contributed by atoms with van der Waals surface area (Å²) in [7, 11) is 0. The van der Waals surface area contributed by atoms with E-state index in [0.717, 1.165) is 6.54 Å². The minimum absolute atomic E-state index is 0.0381. The van der Waals surface area contributed by atoms with Gasteiger partial charge in [-0.15, -0.1) is 0 Å². The highest BCUT2D eigenvalue weighted by Crippen LogP contribution is 2.21. The van der Waals surface area contributed by atoms with Crippen LogP contribution < -0.4 is 5.32 Å². The molecule has 0 aliphatic rings. The van der Waals surface area contributed by atoms with Crippen LogP contribution in [-0.2, 0) is 4.74 Å². The predicted octanol–water partition coefficient (Wildman–Crippen LogP) is 2.24. The van der Waals surface area contributed by atoms with Crippen LogP contribution in [0.2, 0.25) is 0 Å². The summed E-state index contributed by atoms with van der Waals surface area (Å²) in [5.74, 6) is 0. The molecule has 120 valence electrons. The number of aliphatic hydroxyl groups excluding tert-OH is 1. The number of hydrogen-bond donors (Lipinski definition) is 2. The minimum Gasteiger partial charge on any atom is -0.444 e. The van der Waals surface area contributed by atoms with Crippen LogP contribution in [0.4, 0.5) is 4.79 Å². The Labute approximate surface area is 123 Å². The summed E-state index contributed by atoms with van der Waals surface area (Å²) in [4.78, 5) is 14.1. The lowest BCUT2D eigenvalue weighted by atomic mass is 9.86. The summed E-state index contributed by atoms with van der Waals surface area (Å²) in [6, 6.07) is -0.0381. The first-order valence-electron chi connectivity index (χ1n) is 7.32. The van der Waals surface area contributed by atoms with Crippen molar-refractivity contribution in [3.63, 3.8) is 0 Å². The normalized spacial score (nSPS) is 14.2. The Morgan fingerprint density at radius 3 is 2.15 bits per heavy atom. The average Bonchev–Trinajstić information content (AvgIpc) is 2.23. The van der Waals surface area contributed by atoms with Crippen molar-refractivity contribution in [3.05, 3.63) is 0 Å². The van der Waals surface area contributed by atoms with Crippen molar-refractivity contribution in [3.8, 4) is 0 Å². The summed E-state index contributed by atoms with van der Waals surface area (Å²) in [6.07, 6.45) is -0.391. The standard InChI is InChI=1S/C15H32N2O3/c1-8-17(9-10-18)11-12(14(2,3)4)16-13(19)20-15(5,6)7/h12,18H,8-11H2,1-7H3,(H,16,19)/t12-/m1/s1. The third-order valence-electron chi connectivity index (χ3n) is 3.04.